The second-order valence-corrected chi connectivity index (χ2v) is 4.90. The number of hydrogen-bond donors (Lipinski definition) is 0. The maximum absolute atomic E-state index is 5.86. The number of ether oxygens (including phenoxy) is 1. The Morgan fingerprint density at radius 3 is 2.63 bits per heavy atom. The molecule has 1 saturated heterocycles. The summed E-state index contributed by atoms with van der Waals surface area (Å²) in [5.41, 5.74) is 1.97. The van der Waals surface area contributed by atoms with E-state index >= 15 is 0 Å². The van der Waals surface area contributed by atoms with Crippen LogP contribution < -0.4 is 4.74 Å². The van der Waals surface area contributed by atoms with Crippen molar-refractivity contribution in [2.24, 2.45) is 0 Å². The lowest BCUT2D eigenvalue weighted by atomic mass is 10.1. The van der Waals surface area contributed by atoms with Gasteiger partial charge in [0.1, 0.15) is 11.9 Å². The van der Waals surface area contributed by atoms with Crippen molar-refractivity contribution >= 4 is 0 Å². The standard InChI is InChI=1S/C15H17N3O/c1-12-7-17-13(8-16-12)9-18-10-15(11-18)19-14-5-3-2-4-6-14/h2-8,15H,9-11H2,1H3. The third-order valence-corrected chi connectivity index (χ3v) is 3.19. The fraction of sp³-hybridized carbons (Fsp3) is 0.333. The Bertz CT molecular complexity index is 521. The quantitative estimate of drug-likeness (QED) is 0.838. The van der Waals surface area contributed by atoms with E-state index in [1.165, 1.54) is 0 Å². The first-order chi connectivity index (χ1) is 9.29. The number of para-hydroxylation sites is 1. The largest absolute Gasteiger partial charge is 0.488 e. The summed E-state index contributed by atoms with van der Waals surface area (Å²) in [6, 6.07) is 9.97. The van der Waals surface area contributed by atoms with Gasteiger partial charge in [0.2, 0.25) is 0 Å². The van der Waals surface area contributed by atoms with Crippen LogP contribution in [0, 0.1) is 6.92 Å². The summed E-state index contributed by atoms with van der Waals surface area (Å²) in [7, 11) is 0. The summed E-state index contributed by atoms with van der Waals surface area (Å²) >= 11 is 0. The van der Waals surface area contributed by atoms with Gasteiger partial charge in [-0.05, 0) is 19.1 Å². The molecule has 0 atom stereocenters. The highest BCUT2D eigenvalue weighted by Gasteiger charge is 2.28. The van der Waals surface area contributed by atoms with E-state index in [9.17, 15) is 0 Å². The number of aromatic nitrogens is 2. The van der Waals surface area contributed by atoms with Crippen molar-refractivity contribution in [2.45, 2.75) is 19.6 Å². The number of rotatable bonds is 4. The Labute approximate surface area is 113 Å². The molecule has 0 unspecified atom stereocenters. The van der Waals surface area contributed by atoms with Gasteiger partial charge in [0.15, 0.2) is 0 Å². The maximum Gasteiger partial charge on any atom is 0.124 e. The molecule has 1 aromatic carbocycles. The lowest BCUT2D eigenvalue weighted by Crippen LogP contribution is -2.53. The van der Waals surface area contributed by atoms with Crippen LogP contribution in [0.2, 0.25) is 0 Å². The first-order valence-electron chi connectivity index (χ1n) is 6.51. The fourth-order valence-electron chi connectivity index (χ4n) is 2.15. The molecule has 4 nitrogen and oxygen atoms in total. The van der Waals surface area contributed by atoms with Crippen LogP contribution in [0.1, 0.15) is 11.4 Å². The molecule has 1 aliphatic heterocycles. The third-order valence-electron chi connectivity index (χ3n) is 3.19. The van der Waals surface area contributed by atoms with Gasteiger partial charge in [-0.15, -0.1) is 0 Å². The minimum absolute atomic E-state index is 0.292. The number of aryl methyl sites for hydroxylation is 1. The first kappa shape index (κ1) is 12.1. The molecule has 19 heavy (non-hydrogen) atoms. The molecule has 0 saturated carbocycles. The van der Waals surface area contributed by atoms with Crippen molar-refractivity contribution in [3.63, 3.8) is 0 Å². The first-order valence-corrected chi connectivity index (χ1v) is 6.51. The lowest BCUT2D eigenvalue weighted by Gasteiger charge is -2.38. The van der Waals surface area contributed by atoms with Crippen molar-refractivity contribution in [3.05, 3.63) is 54.1 Å². The topological polar surface area (TPSA) is 38.2 Å². The van der Waals surface area contributed by atoms with Gasteiger partial charge in [0.05, 0.1) is 11.4 Å². The van der Waals surface area contributed by atoms with Gasteiger partial charge in [0.25, 0.3) is 0 Å². The van der Waals surface area contributed by atoms with Crippen molar-refractivity contribution in [3.8, 4) is 5.75 Å². The zero-order valence-corrected chi connectivity index (χ0v) is 11.0. The molecule has 4 heteroatoms. The van der Waals surface area contributed by atoms with E-state index in [4.69, 9.17) is 4.74 Å². The monoisotopic (exact) mass is 255 g/mol. The van der Waals surface area contributed by atoms with Crippen LogP contribution >= 0.6 is 0 Å². The molecule has 0 spiro atoms. The van der Waals surface area contributed by atoms with Crippen molar-refractivity contribution < 1.29 is 4.74 Å². The summed E-state index contributed by atoms with van der Waals surface area (Å²) in [6.07, 6.45) is 3.95. The van der Waals surface area contributed by atoms with Crippen molar-refractivity contribution in [1.29, 1.82) is 0 Å². The maximum atomic E-state index is 5.86. The van der Waals surface area contributed by atoms with Crippen LogP contribution in [0.15, 0.2) is 42.7 Å². The summed E-state index contributed by atoms with van der Waals surface area (Å²) in [4.78, 5) is 10.9. The highest BCUT2D eigenvalue weighted by molar-refractivity contribution is 5.21. The normalized spacial score (nSPS) is 16.1. The zero-order chi connectivity index (χ0) is 13.1. The molecule has 98 valence electrons. The van der Waals surface area contributed by atoms with Crippen molar-refractivity contribution in [1.82, 2.24) is 14.9 Å². The Balaban J connectivity index is 1.47. The van der Waals surface area contributed by atoms with Gasteiger partial charge >= 0.3 is 0 Å². The van der Waals surface area contributed by atoms with Crippen LogP contribution in [-0.4, -0.2) is 34.1 Å². The number of likely N-dealkylation sites (tertiary alicyclic amines) is 1. The van der Waals surface area contributed by atoms with Crippen molar-refractivity contribution in [2.75, 3.05) is 13.1 Å². The predicted octanol–water partition coefficient (Wildman–Crippen LogP) is 2.05. The molecule has 0 amide bonds. The molecular formula is C15H17N3O. The second kappa shape index (κ2) is 5.36. The minimum atomic E-state index is 0.292. The SMILES string of the molecule is Cc1cnc(CN2CC(Oc3ccccc3)C2)cn1. The summed E-state index contributed by atoms with van der Waals surface area (Å²) in [6.45, 7) is 4.70. The molecule has 2 aromatic rings. The number of benzene rings is 1. The van der Waals surface area contributed by atoms with Crippen LogP contribution in [0.3, 0.4) is 0 Å². The smallest absolute Gasteiger partial charge is 0.124 e. The summed E-state index contributed by atoms with van der Waals surface area (Å²) in [5, 5.41) is 0. The molecule has 1 aromatic heterocycles. The second-order valence-electron chi connectivity index (χ2n) is 4.90. The molecule has 2 heterocycles. The molecule has 0 radical (unpaired) electrons. The van der Waals surface area contributed by atoms with E-state index in [-0.39, 0.29) is 0 Å². The fourth-order valence-corrected chi connectivity index (χ4v) is 2.15. The zero-order valence-electron chi connectivity index (χ0n) is 11.0. The van der Waals surface area contributed by atoms with Crippen LogP contribution in [0.25, 0.3) is 0 Å². The van der Waals surface area contributed by atoms with E-state index in [1.807, 2.05) is 49.6 Å². The Hall–Kier alpha value is -1.94. The Morgan fingerprint density at radius 1 is 1.16 bits per heavy atom. The molecule has 3 rings (SSSR count). The van der Waals surface area contributed by atoms with Crippen LogP contribution in [-0.2, 0) is 6.54 Å². The molecule has 1 aliphatic rings. The summed E-state index contributed by atoms with van der Waals surface area (Å²) < 4.78 is 5.86. The van der Waals surface area contributed by atoms with E-state index < -0.39 is 0 Å². The van der Waals surface area contributed by atoms with E-state index in [2.05, 4.69) is 14.9 Å². The van der Waals surface area contributed by atoms with Gasteiger partial charge in [-0.25, -0.2) is 0 Å². The van der Waals surface area contributed by atoms with Gasteiger partial charge in [-0.3, -0.25) is 14.9 Å². The van der Waals surface area contributed by atoms with E-state index in [1.54, 1.807) is 0 Å². The molecule has 0 aliphatic carbocycles. The lowest BCUT2D eigenvalue weighted by molar-refractivity contribution is 0.0137. The third kappa shape index (κ3) is 3.09. The predicted molar refractivity (Wildman–Crippen MR) is 72.9 cm³/mol. The van der Waals surface area contributed by atoms with E-state index in [0.717, 1.165) is 36.8 Å². The molecule has 0 N–H and O–H groups in total. The van der Waals surface area contributed by atoms with Gasteiger partial charge in [-0.2, -0.15) is 0 Å². The van der Waals surface area contributed by atoms with Gasteiger partial charge in [0, 0.05) is 32.0 Å². The Kier molecular flexibility index (Phi) is 3.42. The van der Waals surface area contributed by atoms with Gasteiger partial charge in [-0.1, -0.05) is 18.2 Å². The molecule has 1 fully saturated rings. The Morgan fingerprint density at radius 2 is 1.95 bits per heavy atom. The highest BCUT2D eigenvalue weighted by atomic mass is 16.5. The molecule has 0 bridgehead atoms. The van der Waals surface area contributed by atoms with E-state index in [0.29, 0.717) is 6.10 Å². The minimum Gasteiger partial charge on any atom is -0.488 e. The average molecular weight is 255 g/mol. The van der Waals surface area contributed by atoms with Crippen LogP contribution in [0.4, 0.5) is 0 Å². The van der Waals surface area contributed by atoms with Crippen LogP contribution in [0.5, 0.6) is 5.75 Å². The number of hydrogen-bond acceptors (Lipinski definition) is 4. The average Bonchev–Trinajstić information content (AvgIpc) is 2.40. The summed E-state index contributed by atoms with van der Waals surface area (Å²) in [5.74, 6) is 0.947. The molecular weight excluding hydrogens is 238 g/mol. The van der Waals surface area contributed by atoms with Gasteiger partial charge < -0.3 is 4.74 Å². The highest BCUT2D eigenvalue weighted by Crippen LogP contribution is 2.18. The number of nitrogens with zero attached hydrogens (tertiary/aromatic N) is 3.